The number of benzene rings is 3. The molecule has 0 unspecified atom stereocenters. The first-order valence-electron chi connectivity index (χ1n) is 14.8. The van der Waals surface area contributed by atoms with Gasteiger partial charge >= 0.3 is 0 Å². The van der Waals surface area contributed by atoms with Gasteiger partial charge < -0.3 is 32.5 Å². The van der Waals surface area contributed by atoms with Crippen LogP contribution in [0.4, 0.5) is 0 Å². The van der Waals surface area contributed by atoms with Crippen LogP contribution in [0.15, 0.2) is 36.4 Å². The monoisotopic (exact) mass is 576 g/mol. The van der Waals surface area contributed by atoms with Crippen molar-refractivity contribution in [2.45, 2.75) is 60.0 Å². The first-order valence-corrected chi connectivity index (χ1v) is 14.8. The van der Waals surface area contributed by atoms with Crippen LogP contribution in [0, 0.1) is 20.8 Å². The molecule has 1 aliphatic rings. The van der Waals surface area contributed by atoms with Crippen LogP contribution >= 0.6 is 0 Å². The van der Waals surface area contributed by atoms with Crippen LogP contribution in [0.3, 0.4) is 0 Å². The van der Waals surface area contributed by atoms with E-state index in [0.29, 0.717) is 19.6 Å². The van der Waals surface area contributed by atoms with Crippen molar-refractivity contribution in [2.75, 3.05) is 39.3 Å². The third kappa shape index (κ3) is 7.23. The smallest absolute Gasteiger partial charge is 0.124 e. The molecular weight excluding hydrogens is 528 g/mol. The van der Waals surface area contributed by atoms with Crippen LogP contribution in [-0.2, 0) is 39.3 Å². The summed E-state index contributed by atoms with van der Waals surface area (Å²) < 4.78 is 0. The molecule has 42 heavy (non-hydrogen) atoms. The number of nitrogens with two attached hydrogens (primary N) is 3. The van der Waals surface area contributed by atoms with E-state index in [0.717, 1.165) is 89.3 Å². The number of aryl methyl sites for hydroxylation is 3. The van der Waals surface area contributed by atoms with Crippen LogP contribution in [0.5, 0.6) is 17.2 Å². The second-order valence-electron chi connectivity index (χ2n) is 11.5. The van der Waals surface area contributed by atoms with Crippen LogP contribution in [-0.4, -0.2) is 69.3 Å². The van der Waals surface area contributed by atoms with Gasteiger partial charge in [-0.15, -0.1) is 0 Å². The van der Waals surface area contributed by atoms with Gasteiger partial charge in [-0.1, -0.05) is 36.4 Å². The SMILES string of the molecule is Cc1ccc(CN)c(O)c1CN1CCN(Cc2c(C)ccc(CN)c2O)CCN(Cc2c(C)ccc(CN)c2O)CC1. The van der Waals surface area contributed by atoms with Gasteiger partial charge in [0.15, 0.2) is 0 Å². The number of rotatable bonds is 9. The summed E-state index contributed by atoms with van der Waals surface area (Å²) in [4.78, 5) is 7.12. The van der Waals surface area contributed by atoms with Crippen molar-refractivity contribution in [3.8, 4) is 17.2 Å². The Bertz CT molecular complexity index is 1200. The molecule has 0 aliphatic carbocycles. The van der Waals surface area contributed by atoms with E-state index in [1.165, 1.54) is 0 Å². The molecule has 0 atom stereocenters. The molecule has 0 spiro atoms. The Labute approximate surface area is 250 Å². The van der Waals surface area contributed by atoms with Gasteiger partial charge in [0.2, 0.25) is 0 Å². The maximum absolute atomic E-state index is 11.0. The van der Waals surface area contributed by atoms with E-state index >= 15 is 0 Å². The summed E-state index contributed by atoms with van der Waals surface area (Å²) in [6.45, 7) is 13.5. The fourth-order valence-electron chi connectivity index (χ4n) is 5.78. The zero-order chi connectivity index (χ0) is 30.4. The van der Waals surface area contributed by atoms with Crippen molar-refractivity contribution in [1.82, 2.24) is 14.7 Å². The standard InChI is InChI=1S/C33H48N6O3/c1-22-4-7-25(16-34)31(40)28(22)19-37-10-12-38(20-29-23(2)5-8-26(17-35)32(29)41)14-15-39(13-11-37)21-30-24(3)6-9-27(18-36)33(30)42/h4-9,40-42H,10-21,34-36H2,1-3H3. The van der Waals surface area contributed by atoms with Gasteiger partial charge in [0, 0.05) is 112 Å². The lowest BCUT2D eigenvalue weighted by molar-refractivity contribution is 0.206. The highest BCUT2D eigenvalue weighted by molar-refractivity contribution is 5.47. The zero-order valence-corrected chi connectivity index (χ0v) is 25.4. The van der Waals surface area contributed by atoms with Gasteiger partial charge in [0.05, 0.1) is 0 Å². The highest BCUT2D eigenvalue weighted by Crippen LogP contribution is 2.30. The molecule has 0 radical (unpaired) electrons. The van der Waals surface area contributed by atoms with Gasteiger partial charge in [0.25, 0.3) is 0 Å². The topological polar surface area (TPSA) is 148 Å². The van der Waals surface area contributed by atoms with Gasteiger partial charge in [-0.25, -0.2) is 0 Å². The van der Waals surface area contributed by atoms with E-state index in [1.54, 1.807) is 0 Å². The van der Waals surface area contributed by atoms with E-state index in [2.05, 4.69) is 14.7 Å². The minimum Gasteiger partial charge on any atom is -0.507 e. The van der Waals surface area contributed by atoms with Crippen LogP contribution < -0.4 is 17.2 Å². The van der Waals surface area contributed by atoms with Crippen molar-refractivity contribution >= 4 is 0 Å². The minimum absolute atomic E-state index is 0.282. The molecule has 0 bridgehead atoms. The molecule has 0 amide bonds. The van der Waals surface area contributed by atoms with Crippen molar-refractivity contribution in [3.05, 3.63) is 86.5 Å². The van der Waals surface area contributed by atoms with Crippen LogP contribution in [0.25, 0.3) is 0 Å². The molecule has 9 heteroatoms. The number of phenols is 3. The van der Waals surface area contributed by atoms with Crippen LogP contribution in [0.2, 0.25) is 0 Å². The molecule has 0 aromatic heterocycles. The molecule has 4 rings (SSSR count). The molecule has 1 aliphatic heterocycles. The number of aromatic hydroxyl groups is 3. The summed E-state index contributed by atoms with van der Waals surface area (Å²) >= 11 is 0. The summed E-state index contributed by atoms with van der Waals surface area (Å²) in [6.07, 6.45) is 0. The fraction of sp³-hybridized carbons (Fsp3) is 0.455. The lowest BCUT2D eigenvalue weighted by atomic mass is 10.0. The Hall–Kier alpha value is -3.18. The summed E-state index contributed by atoms with van der Waals surface area (Å²) in [6, 6.07) is 11.8. The highest BCUT2D eigenvalue weighted by Gasteiger charge is 2.22. The minimum atomic E-state index is 0.282. The fourth-order valence-corrected chi connectivity index (χ4v) is 5.78. The van der Waals surface area contributed by atoms with Crippen molar-refractivity contribution in [1.29, 1.82) is 0 Å². The first-order chi connectivity index (χ1) is 20.2. The quantitative estimate of drug-likeness (QED) is 0.226. The van der Waals surface area contributed by atoms with E-state index in [1.807, 2.05) is 57.2 Å². The second-order valence-corrected chi connectivity index (χ2v) is 11.5. The maximum atomic E-state index is 11.0. The molecule has 1 fully saturated rings. The van der Waals surface area contributed by atoms with E-state index in [4.69, 9.17) is 17.2 Å². The molecule has 1 heterocycles. The summed E-state index contributed by atoms with van der Waals surface area (Å²) in [7, 11) is 0. The molecule has 3 aromatic rings. The number of phenolic OH excluding ortho intramolecular Hbond substituents is 3. The third-order valence-electron chi connectivity index (χ3n) is 8.80. The maximum Gasteiger partial charge on any atom is 0.124 e. The number of hydrogen-bond acceptors (Lipinski definition) is 9. The van der Waals surface area contributed by atoms with Gasteiger partial charge in [-0.2, -0.15) is 0 Å². The van der Waals surface area contributed by atoms with E-state index < -0.39 is 0 Å². The zero-order valence-electron chi connectivity index (χ0n) is 25.4. The Morgan fingerprint density at radius 1 is 0.476 bits per heavy atom. The van der Waals surface area contributed by atoms with E-state index in [-0.39, 0.29) is 36.9 Å². The highest BCUT2D eigenvalue weighted by atomic mass is 16.3. The predicted octanol–water partition coefficient (Wildman–Crippen LogP) is 2.92. The average molecular weight is 577 g/mol. The average Bonchev–Trinajstić information content (AvgIpc) is 3.06. The molecule has 1 saturated heterocycles. The lowest BCUT2D eigenvalue weighted by Crippen LogP contribution is -2.35. The lowest BCUT2D eigenvalue weighted by Gasteiger charge is -2.27. The van der Waals surface area contributed by atoms with Gasteiger partial charge in [-0.05, 0) is 37.5 Å². The Morgan fingerprint density at radius 3 is 0.929 bits per heavy atom. The Balaban J connectivity index is 1.63. The second kappa shape index (κ2) is 14.3. The van der Waals surface area contributed by atoms with Crippen molar-refractivity contribution in [2.24, 2.45) is 17.2 Å². The molecule has 9 N–H and O–H groups in total. The molecule has 228 valence electrons. The van der Waals surface area contributed by atoms with Crippen molar-refractivity contribution < 1.29 is 15.3 Å². The molecule has 0 saturated carbocycles. The molecule has 3 aromatic carbocycles. The summed E-state index contributed by atoms with van der Waals surface area (Å²) in [5.74, 6) is 0.845. The van der Waals surface area contributed by atoms with Gasteiger partial charge in [-0.3, -0.25) is 14.7 Å². The van der Waals surface area contributed by atoms with Crippen LogP contribution in [0.1, 0.15) is 50.1 Å². The largest absolute Gasteiger partial charge is 0.507 e. The Morgan fingerprint density at radius 2 is 0.714 bits per heavy atom. The van der Waals surface area contributed by atoms with E-state index in [9.17, 15) is 15.3 Å². The molecular formula is C33H48N6O3. The first kappa shape index (κ1) is 31.7. The van der Waals surface area contributed by atoms with Gasteiger partial charge in [0.1, 0.15) is 17.2 Å². The number of nitrogens with zero attached hydrogens (tertiary/aromatic N) is 3. The summed E-state index contributed by atoms with van der Waals surface area (Å²) in [5, 5.41) is 33.0. The Kier molecular flexibility index (Phi) is 10.8. The predicted molar refractivity (Wildman–Crippen MR) is 168 cm³/mol. The summed E-state index contributed by atoms with van der Waals surface area (Å²) in [5.41, 5.74) is 25.8. The van der Waals surface area contributed by atoms with Crippen molar-refractivity contribution in [3.63, 3.8) is 0 Å². The molecule has 9 nitrogen and oxygen atoms in total. The normalized spacial score (nSPS) is 15.9. The third-order valence-corrected chi connectivity index (χ3v) is 8.80. The number of hydrogen-bond donors (Lipinski definition) is 6.